The van der Waals surface area contributed by atoms with E-state index in [0.717, 1.165) is 4.90 Å². The Hall–Kier alpha value is -2.82. The molecule has 0 atom stereocenters. The zero-order valence-corrected chi connectivity index (χ0v) is 14.6. The summed E-state index contributed by atoms with van der Waals surface area (Å²) >= 11 is 0.359. The molecule has 1 saturated heterocycles. The van der Waals surface area contributed by atoms with Crippen molar-refractivity contribution in [2.75, 3.05) is 4.90 Å². The number of amidine groups is 2. The number of para-hydroxylation sites is 2. The fourth-order valence-electron chi connectivity index (χ4n) is 2.27. The second-order valence-electron chi connectivity index (χ2n) is 5.29. The van der Waals surface area contributed by atoms with Crippen LogP contribution in [-0.4, -0.2) is 28.6 Å². The molecule has 0 spiro atoms. The summed E-state index contributed by atoms with van der Waals surface area (Å²) in [5.41, 5.74) is 0.519. The van der Waals surface area contributed by atoms with Crippen LogP contribution >= 0.6 is 11.8 Å². The molecule has 0 N–H and O–H groups in total. The second-order valence-corrected chi connectivity index (χ2v) is 6.25. The average Bonchev–Trinajstić information content (AvgIpc) is 2.90. The lowest BCUT2D eigenvalue weighted by molar-refractivity contribution is -0.121. The predicted molar refractivity (Wildman–Crippen MR) is 97.0 cm³/mol. The summed E-state index contributed by atoms with van der Waals surface area (Å²) in [6, 6.07) is 15.7. The summed E-state index contributed by atoms with van der Waals surface area (Å²) in [4.78, 5) is 10.1. The lowest BCUT2D eigenvalue weighted by Crippen LogP contribution is -2.33. The molecular formula is C17H10F6N4S. The van der Waals surface area contributed by atoms with Crippen LogP contribution in [-0.2, 0) is 0 Å². The molecule has 146 valence electrons. The zero-order valence-electron chi connectivity index (χ0n) is 13.7. The number of anilines is 1. The highest BCUT2D eigenvalue weighted by Gasteiger charge is 2.41. The number of benzene rings is 2. The highest BCUT2D eigenvalue weighted by molar-refractivity contribution is 8.29. The summed E-state index contributed by atoms with van der Waals surface area (Å²) in [6.07, 6.45) is -10.2. The highest BCUT2D eigenvalue weighted by atomic mass is 32.2. The van der Waals surface area contributed by atoms with E-state index in [-0.39, 0.29) is 10.9 Å². The van der Waals surface area contributed by atoms with Crippen molar-refractivity contribution >= 4 is 39.2 Å². The van der Waals surface area contributed by atoms with E-state index < -0.39 is 23.5 Å². The van der Waals surface area contributed by atoms with E-state index in [2.05, 4.69) is 15.0 Å². The average molecular weight is 416 g/mol. The zero-order chi connectivity index (χ0) is 20.4. The Morgan fingerprint density at radius 1 is 0.714 bits per heavy atom. The quantitative estimate of drug-likeness (QED) is 0.461. The van der Waals surface area contributed by atoms with Gasteiger partial charge in [0.1, 0.15) is 0 Å². The van der Waals surface area contributed by atoms with Crippen molar-refractivity contribution in [3.8, 4) is 0 Å². The molecule has 2 aromatic carbocycles. The van der Waals surface area contributed by atoms with Crippen molar-refractivity contribution in [2.24, 2.45) is 15.0 Å². The van der Waals surface area contributed by atoms with Gasteiger partial charge in [0.2, 0.25) is 0 Å². The Labute approximate surface area is 159 Å². The molecule has 0 aliphatic carbocycles. The summed E-state index contributed by atoms with van der Waals surface area (Å²) in [5, 5.41) is -1.08. The Morgan fingerprint density at radius 2 is 1.25 bits per heavy atom. The number of nitrogens with zero attached hydrogens (tertiary/aromatic N) is 4. The lowest BCUT2D eigenvalue weighted by atomic mass is 10.3. The third-order valence-corrected chi connectivity index (χ3v) is 4.16. The van der Waals surface area contributed by atoms with Gasteiger partial charge in [-0.15, -0.1) is 26.3 Å². The van der Waals surface area contributed by atoms with Crippen LogP contribution in [0.3, 0.4) is 0 Å². The van der Waals surface area contributed by atoms with Gasteiger partial charge in [-0.05, 0) is 36.0 Å². The maximum Gasteiger partial charge on any atom is 0.505 e. The topological polar surface area (TPSA) is 40.3 Å². The maximum atomic E-state index is 13.0. The molecule has 2 aromatic rings. The van der Waals surface area contributed by atoms with Crippen LogP contribution in [0.2, 0.25) is 0 Å². The van der Waals surface area contributed by atoms with Gasteiger partial charge in [0.05, 0.1) is 5.69 Å². The molecule has 1 fully saturated rings. The molecule has 4 nitrogen and oxygen atoms in total. The molecule has 0 radical (unpaired) electrons. The van der Waals surface area contributed by atoms with Gasteiger partial charge in [0, 0.05) is 5.69 Å². The molecular weight excluding hydrogens is 406 g/mol. The van der Waals surface area contributed by atoms with E-state index in [1.807, 2.05) is 0 Å². The molecule has 11 heteroatoms. The maximum absolute atomic E-state index is 13.0. The largest absolute Gasteiger partial charge is 0.505 e. The number of hydrogen-bond acceptors (Lipinski definition) is 4. The smallest absolute Gasteiger partial charge is 0.271 e. The molecule has 0 saturated carbocycles. The van der Waals surface area contributed by atoms with Gasteiger partial charge >= 0.3 is 12.6 Å². The van der Waals surface area contributed by atoms with Crippen LogP contribution in [0.15, 0.2) is 75.6 Å². The van der Waals surface area contributed by atoms with Crippen molar-refractivity contribution in [3.05, 3.63) is 60.7 Å². The first-order chi connectivity index (χ1) is 13.1. The van der Waals surface area contributed by atoms with Crippen LogP contribution in [0, 0.1) is 0 Å². The van der Waals surface area contributed by atoms with E-state index in [4.69, 9.17) is 0 Å². The minimum absolute atomic E-state index is 0.136. The van der Waals surface area contributed by atoms with Crippen LogP contribution in [0.1, 0.15) is 0 Å². The molecule has 28 heavy (non-hydrogen) atoms. The van der Waals surface area contributed by atoms with Crippen LogP contribution in [0.25, 0.3) is 0 Å². The molecule has 0 amide bonds. The normalized spacial score (nSPS) is 19.8. The Bertz CT molecular complexity index is 920. The van der Waals surface area contributed by atoms with E-state index in [9.17, 15) is 26.3 Å². The number of thioether (sulfide) groups is 1. The monoisotopic (exact) mass is 416 g/mol. The molecule has 1 heterocycles. The highest BCUT2D eigenvalue weighted by Crippen LogP contribution is 2.35. The fourth-order valence-corrected chi connectivity index (χ4v) is 3.25. The van der Waals surface area contributed by atoms with E-state index in [0.29, 0.717) is 17.4 Å². The summed E-state index contributed by atoms with van der Waals surface area (Å²) in [6.45, 7) is 0. The predicted octanol–water partition coefficient (Wildman–Crippen LogP) is 5.76. The summed E-state index contributed by atoms with van der Waals surface area (Å²) in [7, 11) is 0. The van der Waals surface area contributed by atoms with Gasteiger partial charge in [-0.2, -0.15) is 9.98 Å². The minimum atomic E-state index is -5.10. The molecule has 0 aromatic heterocycles. The first kappa shape index (κ1) is 19.9. The molecule has 0 bridgehead atoms. The van der Waals surface area contributed by atoms with Gasteiger partial charge in [0.15, 0.2) is 16.0 Å². The Morgan fingerprint density at radius 3 is 1.79 bits per heavy atom. The molecule has 0 unspecified atom stereocenters. The Balaban J connectivity index is 2.20. The van der Waals surface area contributed by atoms with E-state index in [1.54, 1.807) is 36.4 Å². The van der Waals surface area contributed by atoms with Gasteiger partial charge in [0.25, 0.3) is 0 Å². The minimum Gasteiger partial charge on any atom is -0.271 e. The standard InChI is InChI=1S/C17H10F6N4S/c18-16(19,20)25-13-14(26-17(21,22)23)28-15(24-11-7-3-1-4-8-11)27(13)12-9-5-2-6-10-12/h1-10H/b24-15?,25-13-,26-14-. The van der Waals surface area contributed by atoms with Crippen molar-refractivity contribution in [1.82, 2.24) is 0 Å². The molecule has 1 aliphatic rings. The number of alkyl halides is 6. The lowest BCUT2D eigenvalue weighted by Gasteiger charge is -2.19. The van der Waals surface area contributed by atoms with Crippen molar-refractivity contribution < 1.29 is 26.3 Å². The van der Waals surface area contributed by atoms with Crippen molar-refractivity contribution in [3.63, 3.8) is 0 Å². The van der Waals surface area contributed by atoms with Gasteiger partial charge in [-0.3, -0.25) is 4.90 Å². The van der Waals surface area contributed by atoms with Gasteiger partial charge in [-0.1, -0.05) is 36.4 Å². The number of rotatable bonds is 2. The third kappa shape index (κ3) is 5.12. The van der Waals surface area contributed by atoms with Gasteiger partial charge in [-0.25, -0.2) is 4.99 Å². The van der Waals surface area contributed by atoms with E-state index in [1.165, 1.54) is 24.3 Å². The van der Waals surface area contributed by atoms with E-state index >= 15 is 0 Å². The van der Waals surface area contributed by atoms with Gasteiger partial charge < -0.3 is 0 Å². The SMILES string of the molecule is FC(F)(F)/N=C1\SC(=Nc2ccccc2)N(c2ccccc2)\C1=N/C(F)(F)F. The molecule has 1 aliphatic heterocycles. The summed E-state index contributed by atoms with van der Waals surface area (Å²) in [5.74, 6) is -0.990. The van der Waals surface area contributed by atoms with Crippen LogP contribution < -0.4 is 4.90 Å². The van der Waals surface area contributed by atoms with Crippen LogP contribution in [0.4, 0.5) is 37.7 Å². The Kier molecular flexibility index (Phi) is 5.45. The first-order valence-electron chi connectivity index (χ1n) is 7.63. The van der Waals surface area contributed by atoms with Crippen LogP contribution in [0.5, 0.6) is 0 Å². The van der Waals surface area contributed by atoms with Crippen molar-refractivity contribution in [2.45, 2.75) is 12.6 Å². The van der Waals surface area contributed by atoms with Crippen molar-refractivity contribution in [1.29, 1.82) is 0 Å². The fraction of sp³-hybridized carbons (Fsp3) is 0.118. The number of hydrogen-bond donors (Lipinski definition) is 0. The second kappa shape index (κ2) is 7.66. The first-order valence-corrected chi connectivity index (χ1v) is 8.44. The molecule has 3 rings (SSSR count). The number of halogens is 6. The third-order valence-electron chi connectivity index (χ3n) is 3.24. The number of aliphatic imine (C=N–C) groups is 3. The summed E-state index contributed by atoms with van der Waals surface area (Å²) < 4.78 is 77.3.